The highest BCUT2D eigenvalue weighted by molar-refractivity contribution is 5.88. The molecule has 2 saturated heterocycles. The van der Waals surface area contributed by atoms with Crippen molar-refractivity contribution in [2.45, 2.75) is 37.9 Å². The number of carbonyl (C=O) groups excluding carboxylic acids is 2. The van der Waals surface area contributed by atoms with Crippen molar-refractivity contribution in [3.63, 3.8) is 0 Å². The van der Waals surface area contributed by atoms with E-state index >= 15 is 0 Å². The van der Waals surface area contributed by atoms with Gasteiger partial charge in [-0.1, -0.05) is 6.07 Å². The number of fused-ring (bicyclic) bond motifs is 1. The topological polar surface area (TPSA) is 53.5 Å². The van der Waals surface area contributed by atoms with Crippen molar-refractivity contribution in [2.75, 3.05) is 19.6 Å². The summed E-state index contributed by atoms with van der Waals surface area (Å²) < 4.78 is 14.4. The molecule has 6 heteroatoms. The van der Waals surface area contributed by atoms with Crippen LogP contribution in [0.3, 0.4) is 0 Å². The second-order valence-corrected chi connectivity index (χ2v) is 7.31. The third-order valence-electron chi connectivity index (χ3n) is 5.75. The zero-order valence-corrected chi connectivity index (χ0v) is 13.7. The molecular weight excluding hydrogens is 309 g/mol. The molecule has 4 rings (SSSR count). The fourth-order valence-electron chi connectivity index (χ4n) is 4.13. The zero-order chi connectivity index (χ0) is 16.7. The molecule has 3 heterocycles. The Balaban J connectivity index is 1.43. The van der Waals surface area contributed by atoms with Crippen LogP contribution in [0.4, 0.5) is 4.39 Å². The van der Waals surface area contributed by atoms with Gasteiger partial charge in [0.15, 0.2) is 5.67 Å². The third kappa shape index (κ3) is 2.58. The molecule has 1 saturated carbocycles. The molecule has 0 radical (unpaired) electrons. The Morgan fingerprint density at radius 2 is 2.21 bits per heavy atom. The highest BCUT2D eigenvalue weighted by atomic mass is 19.1. The molecule has 1 aliphatic carbocycles. The van der Waals surface area contributed by atoms with Gasteiger partial charge in [-0.15, -0.1) is 0 Å². The van der Waals surface area contributed by atoms with Crippen LogP contribution in [0.5, 0.6) is 0 Å². The Kier molecular flexibility index (Phi) is 3.77. The van der Waals surface area contributed by atoms with Gasteiger partial charge in [0.1, 0.15) is 0 Å². The molecule has 128 valence electrons. The minimum atomic E-state index is -1.66. The second-order valence-electron chi connectivity index (χ2n) is 7.31. The Morgan fingerprint density at radius 1 is 1.38 bits per heavy atom. The first-order chi connectivity index (χ1) is 11.6. The van der Waals surface area contributed by atoms with Gasteiger partial charge in [-0.3, -0.25) is 14.6 Å². The van der Waals surface area contributed by atoms with Crippen LogP contribution in [0.25, 0.3) is 0 Å². The van der Waals surface area contributed by atoms with E-state index < -0.39 is 11.6 Å². The van der Waals surface area contributed by atoms with Crippen LogP contribution in [-0.4, -0.2) is 51.9 Å². The largest absolute Gasteiger partial charge is 0.339 e. The highest BCUT2D eigenvalue weighted by Crippen LogP contribution is 2.40. The Bertz CT molecular complexity index is 647. The maximum Gasteiger partial charge on any atom is 0.260 e. The van der Waals surface area contributed by atoms with Gasteiger partial charge >= 0.3 is 0 Å². The molecule has 0 aromatic carbocycles. The van der Waals surface area contributed by atoms with Crippen LogP contribution in [0.15, 0.2) is 24.5 Å². The quantitative estimate of drug-likeness (QED) is 0.848. The Morgan fingerprint density at radius 3 is 2.88 bits per heavy atom. The van der Waals surface area contributed by atoms with Gasteiger partial charge in [-0.05, 0) is 43.2 Å². The van der Waals surface area contributed by atoms with Gasteiger partial charge in [0, 0.05) is 38.6 Å². The van der Waals surface area contributed by atoms with E-state index in [-0.39, 0.29) is 17.7 Å². The third-order valence-corrected chi connectivity index (χ3v) is 5.75. The van der Waals surface area contributed by atoms with Crippen molar-refractivity contribution >= 4 is 11.8 Å². The first kappa shape index (κ1) is 15.5. The van der Waals surface area contributed by atoms with Gasteiger partial charge < -0.3 is 9.80 Å². The van der Waals surface area contributed by atoms with E-state index in [9.17, 15) is 14.0 Å². The number of carbonyl (C=O) groups is 2. The van der Waals surface area contributed by atoms with Crippen LogP contribution in [0.2, 0.25) is 0 Å². The van der Waals surface area contributed by atoms with E-state index in [0.717, 1.165) is 18.4 Å². The van der Waals surface area contributed by atoms with Gasteiger partial charge in [-0.25, -0.2) is 4.39 Å². The standard InChI is InChI=1S/C18H22FN3O2/c19-18(5-2-6-18)17(24)22-11-14-4-8-21(16(23)15(14)12-22)10-13-3-1-7-20-9-13/h1,3,7,9,14-15H,2,4-6,8,10-12H2/t14-,15+/m1/s1. The Hall–Kier alpha value is -1.98. The summed E-state index contributed by atoms with van der Waals surface area (Å²) in [6.07, 6.45) is 5.80. The van der Waals surface area contributed by atoms with Crippen LogP contribution >= 0.6 is 0 Å². The minimum absolute atomic E-state index is 0.0897. The van der Waals surface area contributed by atoms with Crippen LogP contribution < -0.4 is 0 Å². The Labute approximate surface area is 140 Å². The fourth-order valence-corrected chi connectivity index (χ4v) is 4.13. The SMILES string of the molecule is O=C1[C@H]2CN(C(=O)C3(F)CCC3)C[C@H]2CCN1Cc1cccnc1. The molecule has 0 N–H and O–H groups in total. The number of likely N-dealkylation sites (tertiary alicyclic amines) is 2. The summed E-state index contributed by atoms with van der Waals surface area (Å²) in [6.45, 7) is 2.15. The summed E-state index contributed by atoms with van der Waals surface area (Å²) in [6, 6.07) is 3.82. The lowest BCUT2D eigenvalue weighted by Crippen LogP contribution is -2.49. The van der Waals surface area contributed by atoms with E-state index in [1.54, 1.807) is 17.3 Å². The number of pyridine rings is 1. The van der Waals surface area contributed by atoms with Gasteiger partial charge in [0.2, 0.25) is 5.91 Å². The van der Waals surface area contributed by atoms with Gasteiger partial charge in [0.25, 0.3) is 5.91 Å². The van der Waals surface area contributed by atoms with Crippen molar-refractivity contribution in [1.82, 2.24) is 14.8 Å². The molecule has 2 amide bonds. The number of rotatable bonds is 3. The normalized spacial score (nSPS) is 28.5. The van der Waals surface area contributed by atoms with Crippen molar-refractivity contribution in [2.24, 2.45) is 11.8 Å². The van der Waals surface area contributed by atoms with E-state index in [0.29, 0.717) is 39.0 Å². The maximum atomic E-state index is 14.4. The number of hydrogen-bond donors (Lipinski definition) is 0. The molecule has 2 aliphatic heterocycles. The summed E-state index contributed by atoms with van der Waals surface area (Å²) >= 11 is 0. The molecule has 3 fully saturated rings. The molecule has 0 bridgehead atoms. The van der Waals surface area contributed by atoms with E-state index in [2.05, 4.69) is 4.98 Å². The summed E-state index contributed by atoms with van der Waals surface area (Å²) in [5, 5.41) is 0. The molecule has 2 atom stereocenters. The number of amides is 2. The summed E-state index contributed by atoms with van der Waals surface area (Å²) in [5.74, 6) is -0.306. The number of halogens is 1. The average molecular weight is 331 g/mol. The number of hydrogen-bond acceptors (Lipinski definition) is 3. The molecule has 24 heavy (non-hydrogen) atoms. The number of aromatic nitrogens is 1. The predicted molar refractivity (Wildman–Crippen MR) is 85.5 cm³/mol. The fraction of sp³-hybridized carbons (Fsp3) is 0.611. The number of piperidine rings is 1. The highest BCUT2D eigenvalue weighted by Gasteiger charge is 2.51. The van der Waals surface area contributed by atoms with Crippen molar-refractivity contribution < 1.29 is 14.0 Å². The van der Waals surface area contributed by atoms with Crippen LogP contribution in [0, 0.1) is 11.8 Å². The lowest BCUT2D eigenvalue weighted by molar-refractivity contribution is -0.149. The molecular formula is C18H22FN3O2. The first-order valence-electron chi connectivity index (χ1n) is 8.73. The molecule has 1 aromatic rings. The molecule has 3 aliphatic rings. The van der Waals surface area contributed by atoms with E-state index in [4.69, 9.17) is 0 Å². The van der Waals surface area contributed by atoms with E-state index in [1.165, 1.54) is 0 Å². The molecule has 0 unspecified atom stereocenters. The monoisotopic (exact) mass is 331 g/mol. The minimum Gasteiger partial charge on any atom is -0.339 e. The van der Waals surface area contributed by atoms with Gasteiger partial charge in [0.05, 0.1) is 5.92 Å². The van der Waals surface area contributed by atoms with Crippen LogP contribution in [-0.2, 0) is 16.1 Å². The molecule has 1 aromatic heterocycles. The van der Waals surface area contributed by atoms with Crippen LogP contribution in [0.1, 0.15) is 31.2 Å². The maximum absolute atomic E-state index is 14.4. The lowest BCUT2D eigenvalue weighted by Gasteiger charge is -2.35. The van der Waals surface area contributed by atoms with Gasteiger partial charge in [-0.2, -0.15) is 0 Å². The predicted octanol–water partition coefficient (Wildman–Crippen LogP) is 1.78. The summed E-state index contributed by atoms with van der Waals surface area (Å²) in [4.78, 5) is 32.7. The first-order valence-corrected chi connectivity index (χ1v) is 8.73. The zero-order valence-electron chi connectivity index (χ0n) is 13.7. The second kappa shape index (κ2) is 5.83. The molecule has 0 spiro atoms. The summed E-state index contributed by atoms with van der Waals surface area (Å²) in [5.41, 5.74) is -0.654. The molecule has 5 nitrogen and oxygen atoms in total. The van der Waals surface area contributed by atoms with Crippen molar-refractivity contribution in [1.29, 1.82) is 0 Å². The van der Waals surface area contributed by atoms with Crippen molar-refractivity contribution in [3.05, 3.63) is 30.1 Å². The van der Waals surface area contributed by atoms with Crippen molar-refractivity contribution in [3.8, 4) is 0 Å². The van der Waals surface area contributed by atoms with E-state index in [1.807, 2.05) is 17.0 Å². The summed E-state index contributed by atoms with van der Waals surface area (Å²) in [7, 11) is 0. The lowest BCUT2D eigenvalue weighted by atomic mass is 9.81. The number of alkyl halides is 1. The average Bonchev–Trinajstić information content (AvgIpc) is 3.00. The smallest absolute Gasteiger partial charge is 0.260 e. The number of nitrogens with zero attached hydrogens (tertiary/aromatic N) is 3.